The van der Waals surface area contributed by atoms with E-state index in [0.717, 1.165) is 5.69 Å². The highest BCUT2D eigenvalue weighted by Gasteiger charge is 1.99. The van der Waals surface area contributed by atoms with Gasteiger partial charge in [-0.3, -0.25) is 4.79 Å². The van der Waals surface area contributed by atoms with E-state index in [2.05, 4.69) is 5.32 Å². The number of anilines is 1. The Labute approximate surface area is 117 Å². The van der Waals surface area contributed by atoms with E-state index in [1.54, 1.807) is 31.2 Å². The van der Waals surface area contributed by atoms with E-state index < -0.39 is 0 Å². The molecule has 0 fully saturated rings. The van der Waals surface area contributed by atoms with Gasteiger partial charge in [-0.05, 0) is 55.5 Å². The molecule has 0 aliphatic heterocycles. The predicted molar refractivity (Wildman–Crippen MR) is 76.8 cm³/mol. The van der Waals surface area contributed by atoms with Crippen LogP contribution in [-0.4, -0.2) is 18.9 Å². The molecular formula is C16H16FNO2. The molecule has 104 valence electrons. The lowest BCUT2D eigenvalue weighted by molar-refractivity contribution is 0.101. The number of Topliss-reactive ketones (excluding diaryl/α,β-unsaturated/α-hetero) is 1. The van der Waals surface area contributed by atoms with E-state index in [4.69, 9.17) is 4.74 Å². The molecule has 0 radical (unpaired) electrons. The van der Waals surface area contributed by atoms with Crippen LogP contribution >= 0.6 is 0 Å². The first-order valence-electron chi connectivity index (χ1n) is 6.38. The van der Waals surface area contributed by atoms with Crippen LogP contribution in [0.15, 0.2) is 48.5 Å². The van der Waals surface area contributed by atoms with Crippen molar-refractivity contribution in [3.8, 4) is 5.75 Å². The molecule has 0 spiro atoms. The van der Waals surface area contributed by atoms with Crippen LogP contribution in [0.4, 0.5) is 10.1 Å². The highest BCUT2D eigenvalue weighted by Crippen LogP contribution is 2.12. The Balaban J connectivity index is 1.75. The summed E-state index contributed by atoms with van der Waals surface area (Å²) in [5.41, 5.74) is 1.62. The van der Waals surface area contributed by atoms with E-state index >= 15 is 0 Å². The number of carbonyl (C=O) groups is 1. The van der Waals surface area contributed by atoms with Crippen LogP contribution in [0.3, 0.4) is 0 Å². The van der Waals surface area contributed by atoms with E-state index in [1.165, 1.54) is 12.1 Å². The molecule has 0 amide bonds. The zero-order valence-electron chi connectivity index (χ0n) is 11.2. The van der Waals surface area contributed by atoms with Gasteiger partial charge in [0.05, 0.1) is 0 Å². The van der Waals surface area contributed by atoms with Gasteiger partial charge in [0.25, 0.3) is 0 Å². The first kappa shape index (κ1) is 14.1. The summed E-state index contributed by atoms with van der Waals surface area (Å²) in [6.45, 7) is 2.63. The Bertz CT molecular complexity index is 564. The first-order chi connectivity index (χ1) is 9.65. The van der Waals surface area contributed by atoms with E-state index in [9.17, 15) is 9.18 Å². The van der Waals surface area contributed by atoms with Crippen LogP contribution in [0.2, 0.25) is 0 Å². The zero-order chi connectivity index (χ0) is 14.4. The fourth-order valence-corrected chi connectivity index (χ4v) is 1.72. The summed E-state index contributed by atoms with van der Waals surface area (Å²) in [6, 6.07) is 13.2. The molecule has 3 nitrogen and oxygen atoms in total. The highest BCUT2D eigenvalue weighted by atomic mass is 19.1. The molecular weight excluding hydrogens is 257 g/mol. The van der Waals surface area contributed by atoms with Gasteiger partial charge in [-0.25, -0.2) is 4.39 Å². The van der Waals surface area contributed by atoms with Gasteiger partial charge in [-0.1, -0.05) is 0 Å². The molecule has 0 heterocycles. The minimum atomic E-state index is -0.277. The fourth-order valence-electron chi connectivity index (χ4n) is 1.72. The maximum absolute atomic E-state index is 12.7. The number of carbonyl (C=O) groups excluding carboxylic acids is 1. The van der Waals surface area contributed by atoms with Gasteiger partial charge in [0.15, 0.2) is 5.78 Å². The standard InChI is InChI=1S/C16H16FNO2/c1-12(19)13-2-6-15(7-3-13)18-10-11-20-16-8-4-14(17)5-9-16/h2-9,18H,10-11H2,1H3. The maximum atomic E-state index is 12.7. The molecule has 0 saturated heterocycles. The quantitative estimate of drug-likeness (QED) is 0.646. The van der Waals surface area contributed by atoms with Crippen molar-refractivity contribution in [3.63, 3.8) is 0 Å². The van der Waals surface area contributed by atoms with Gasteiger partial charge in [-0.15, -0.1) is 0 Å². The largest absolute Gasteiger partial charge is 0.492 e. The maximum Gasteiger partial charge on any atom is 0.159 e. The minimum Gasteiger partial charge on any atom is -0.492 e. The normalized spacial score (nSPS) is 10.1. The van der Waals surface area contributed by atoms with Crippen LogP contribution in [0.25, 0.3) is 0 Å². The lowest BCUT2D eigenvalue weighted by atomic mass is 10.1. The zero-order valence-corrected chi connectivity index (χ0v) is 11.2. The van der Waals surface area contributed by atoms with Gasteiger partial charge in [0.2, 0.25) is 0 Å². The summed E-state index contributed by atoms with van der Waals surface area (Å²) >= 11 is 0. The van der Waals surface area contributed by atoms with Crippen LogP contribution in [-0.2, 0) is 0 Å². The summed E-state index contributed by atoms with van der Waals surface area (Å²) in [5, 5.41) is 3.18. The Kier molecular flexibility index (Phi) is 4.71. The summed E-state index contributed by atoms with van der Waals surface area (Å²) in [5.74, 6) is 0.414. The summed E-state index contributed by atoms with van der Waals surface area (Å²) in [4.78, 5) is 11.1. The van der Waals surface area contributed by atoms with E-state index in [-0.39, 0.29) is 11.6 Å². The second-order valence-corrected chi connectivity index (χ2v) is 4.36. The number of benzene rings is 2. The van der Waals surface area contributed by atoms with Gasteiger partial charge >= 0.3 is 0 Å². The second-order valence-electron chi connectivity index (χ2n) is 4.36. The lowest BCUT2D eigenvalue weighted by Gasteiger charge is -2.09. The van der Waals surface area contributed by atoms with Crippen LogP contribution in [0, 0.1) is 5.82 Å². The molecule has 1 N–H and O–H groups in total. The van der Waals surface area contributed by atoms with Crippen LogP contribution in [0.5, 0.6) is 5.75 Å². The number of hydrogen-bond acceptors (Lipinski definition) is 3. The highest BCUT2D eigenvalue weighted by molar-refractivity contribution is 5.94. The molecule has 0 unspecified atom stereocenters. The number of nitrogens with one attached hydrogen (secondary N) is 1. The van der Waals surface area contributed by atoms with Gasteiger partial charge < -0.3 is 10.1 Å². The molecule has 0 aromatic heterocycles. The molecule has 0 bridgehead atoms. The minimum absolute atomic E-state index is 0.0520. The van der Waals surface area contributed by atoms with Crippen molar-refractivity contribution in [1.29, 1.82) is 0 Å². The molecule has 0 aliphatic rings. The molecule has 0 saturated carbocycles. The van der Waals surface area contributed by atoms with Gasteiger partial charge in [0.1, 0.15) is 18.2 Å². The van der Waals surface area contributed by atoms with Crippen molar-refractivity contribution in [2.24, 2.45) is 0 Å². The van der Waals surface area contributed by atoms with Gasteiger partial charge in [0, 0.05) is 17.8 Å². The van der Waals surface area contributed by atoms with Crippen molar-refractivity contribution in [2.75, 3.05) is 18.5 Å². The van der Waals surface area contributed by atoms with Crippen molar-refractivity contribution >= 4 is 11.5 Å². The summed E-state index contributed by atoms with van der Waals surface area (Å²) in [7, 11) is 0. The molecule has 20 heavy (non-hydrogen) atoms. The number of hydrogen-bond donors (Lipinski definition) is 1. The number of rotatable bonds is 6. The summed E-state index contributed by atoms with van der Waals surface area (Å²) < 4.78 is 18.2. The van der Waals surface area contributed by atoms with Crippen LogP contribution in [0.1, 0.15) is 17.3 Å². The SMILES string of the molecule is CC(=O)c1ccc(NCCOc2ccc(F)cc2)cc1. The number of ether oxygens (including phenoxy) is 1. The van der Waals surface area contributed by atoms with Crippen molar-refractivity contribution in [3.05, 3.63) is 59.9 Å². The smallest absolute Gasteiger partial charge is 0.159 e. The fraction of sp³-hybridized carbons (Fsp3) is 0.188. The van der Waals surface area contributed by atoms with E-state index in [0.29, 0.717) is 24.5 Å². The topological polar surface area (TPSA) is 38.3 Å². The summed E-state index contributed by atoms with van der Waals surface area (Å²) in [6.07, 6.45) is 0. The molecule has 2 aromatic carbocycles. The predicted octanol–water partition coefficient (Wildman–Crippen LogP) is 3.52. The van der Waals surface area contributed by atoms with Crippen LogP contribution < -0.4 is 10.1 Å². The van der Waals surface area contributed by atoms with Crippen molar-refractivity contribution in [2.45, 2.75) is 6.92 Å². The number of ketones is 1. The third kappa shape index (κ3) is 4.09. The second kappa shape index (κ2) is 6.70. The average molecular weight is 273 g/mol. The first-order valence-corrected chi connectivity index (χ1v) is 6.38. The molecule has 2 rings (SSSR count). The van der Waals surface area contributed by atoms with Crippen molar-refractivity contribution in [1.82, 2.24) is 0 Å². The third-order valence-corrected chi connectivity index (χ3v) is 2.80. The lowest BCUT2D eigenvalue weighted by Crippen LogP contribution is -2.11. The molecule has 0 atom stereocenters. The Morgan fingerprint density at radius 3 is 2.35 bits per heavy atom. The molecule has 4 heteroatoms. The average Bonchev–Trinajstić information content (AvgIpc) is 2.46. The Morgan fingerprint density at radius 1 is 1.10 bits per heavy atom. The monoisotopic (exact) mass is 273 g/mol. The number of halogens is 1. The Morgan fingerprint density at radius 2 is 1.75 bits per heavy atom. The molecule has 0 aliphatic carbocycles. The third-order valence-electron chi connectivity index (χ3n) is 2.80. The van der Waals surface area contributed by atoms with Crippen molar-refractivity contribution < 1.29 is 13.9 Å². The Hall–Kier alpha value is -2.36. The molecule has 2 aromatic rings. The van der Waals surface area contributed by atoms with Gasteiger partial charge in [-0.2, -0.15) is 0 Å². The van der Waals surface area contributed by atoms with E-state index in [1.807, 2.05) is 12.1 Å².